The topological polar surface area (TPSA) is 43.9 Å². The fourth-order valence-electron chi connectivity index (χ4n) is 6.42. The van der Waals surface area contributed by atoms with Gasteiger partial charge in [0, 0.05) is 25.7 Å². The smallest absolute Gasteiger partial charge is 0.309 e. The summed E-state index contributed by atoms with van der Waals surface area (Å²) < 4.78 is 0. The van der Waals surface area contributed by atoms with Crippen LogP contribution in [-0.4, -0.2) is 57.9 Å². The quantitative estimate of drug-likeness (QED) is 0.482. The zero-order valence-electron chi connectivity index (χ0n) is 20.7. The maximum Gasteiger partial charge on any atom is 0.328 e. The standard InChI is InChI=1S/C31H33N3O2/c35-29-31(16-19-32(20-17-31)28-21-26-13-7-8-14-27(26)22-28)34(18-15-24-9-3-1-4-10-24)30(36)33(29)23-25-11-5-2-6-12-25/h1-14,28H,15-23H2. The van der Waals surface area contributed by atoms with E-state index in [0.717, 1.165) is 37.9 Å². The normalized spacial score (nSPS) is 19.9. The third-order valence-corrected chi connectivity index (χ3v) is 8.44. The highest BCUT2D eigenvalue weighted by Crippen LogP contribution is 2.39. The molecule has 2 heterocycles. The molecule has 0 radical (unpaired) electrons. The van der Waals surface area contributed by atoms with Crippen LogP contribution in [0.15, 0.2) is 84.9 Å². The second kappa shape index (κ2) is 9.55. The molecule has 36 heavy (non-hydrogen) atoms. The van der Waals surface area contributed by atoms with Gasteiger partial charge in [0.15, 0.2) is 0 Å². The van der Waals surface area contributed by atoms with Gasteiger partial charge in [-0.15, -0.1) is 0 Å². The molecule has 0 N–H and O–H groups in total. The van der Waals surface area contributed by atoms with Crippen LogP contribution in [0.4, 0.5) is 4.79 Å². The van der Waals surface area contributed by atoms with Crippen LogP contribution in [0.5, 0.6) is 0 Å². The molecular weight excluding hydrogens is 446 g/mol. The number of rotatable bonds is 6. The lowest BCUT2D eigenvalue weighted by atomic mass is 9.84. The van der Waals surface area contributed by atoms with Crippen molar-refractivity contribution >= 4 is 11.9 Å². The molecule has 5 heteroatoms. The predicted octanol–water partition coefficient (Wildman–Crippen LogP) is 4.70. The first-order chi connectivity index (χ1) is 17.6. The van der Waals surface area contributed by atoms with Crippen LogP contribution < -0.4 is 0 Å². The van der Waals surface area contributed by atoms with Gasteiger partial charge in [-0.05, 0) is 54.4 Å². The van der Waals surface area contributed by atoms with Gasteiger partial charge in [-0.1, -0.05) is 84.9 Å². The van der Waals surface area contributed by atoms with Crippen LogP contribution in [0, 0.1) is 0 Å². The Hall–Kier alpha value is -3.44. The van der Waals surface area contributed by atoms with Crippen molar-refractivity contribution in [2.24, 2.45) is 0 Å². The van der Waals surface area contributed by atoms with E-state index in [-0.39, 0.29) is 11.9 Å². The fourth-order valence-corrected chi connectivity index (χ4v) is 6.42. The van der Waals surface area contributed by atoms with E-state index in [1.165, 1.54) is 21.6 Å². The summed E-state index contributed by atoms with van der Waals surface area (Å²) in [6.45, 7) is 2.59. The van der Waals surface area contributed by atoms with Gasteiger partial charge in [-0.3, -0.25) is 14.6 Å². The van der Waals surface area contributed by atoms with Gasteiger partial charge in [-0.25, -0.2) is 4.79 Å². The highest BCUT2D eigenvalue weighted by Gasteiger charge is 2.58. The number of fused-ring (bicyclic) bond motifs is 1. The number of carbonyl (C=O) groups is 2. The Balaban J connectivity index is 1.22. The zero-order valence-corrected chi connectivity index (χ0v) is 20.7. The van der Waals surface area contributed by atoms with E-state index in [4.69, 9.17) is 0 Å². The molecule has 3 aromatic carbocycles. The third-order valence-electron chi connectivity index (χ3n) is 8.44. The Morgan fingerprint density at radius 3 is 1.89 bits per heavy atom. The average molecular weight is 480 g/mol. The molecule has 1 spiro atoms. The number of nitrogens with zero attached hydrogens (tertiary/aromatic N) is 3. The van der Waals surface area contributed by atoms with Crippen molar-refractivity contribution in [3.63, 3.8) is 0 Å². The monoisotopic (exact) mass is 479 g/mol. The van der Waals surface area contributed by atoms with E-state index >= 15 is 0 Å². The number of piperidine rings is 1. The maximum atomic E-state index is 14.0. The zero-order chi connectivity index (χ0) is 24.5. The molecule has 0 unspecified atom stereocenters. The molecule has 184 valence electrons. The van der Waals surface area contributed by atoms with Crippen LogP contribution in [0.1, 0.15) is 35.1 Å². The average Bonchev–Trinajstić information content (AvgIpc) is 3.43. The van der Waals surface area contributed by atoms with Gasteiger partial charge in [0.1, 0.15) is 5.54 Å². The summed E-state index contributed by atoms with van der Waals surface area (Å²) in [4.78, 5) is 33.7. The van der Waals surface area contributed by atoms with Gasteiger partial charge >= 0.3 is 6.03 Å². The summed E-state index contributed by atoms with van der Waals surface area (Å²) in [7, 11) is 0. The summed E-state index contributed by atoms with van der Waals surface area (Å²) in [6, 6.07) is 29.2. The summed E-state index contributed by atoms with van der Waals surface area (Å²) in [5.74, 6) is -0.0150. The highest BCUT2D eigenvalue weighted by molar-refractivity contribution is 6.07. The molecule has 3 aliphatic rings. The third kappa shape index (κ3) is 4.11. The number of likely N-dealkylation sites (tertiary alicyclic amines) is 1. The Kier molecular flexibility index (Phi) is 6.10. The van der Waals surface area contributed by atoms with Crippen molar-refractivity contribution in [3.05, 3.63) is 107 Å². The van der Waals surface area contributed by atoms with E-state index in [2.05, 4.69) is 41.3 Å². The second-order valence-corrected chi connectivity index (χ2v) is 10.4. The molecule has 1 aliphatic carbocycles. The molecule has 0 bridgehead atoms. The van der Waals surface area contributed by atoms with Crippen molar-refractivity contribution in [2.75, 3.05) is 19.6 Å². The Morgan fingerprint density at radius 1 is 0.722 bits per heavy atom. The van der Waals surface area contributed by atoms with E-state index in [0.29, 0.717) is 32.0 Å². The fraction of sp³-hybridized carbons (Fsp3) is 0.355. The highest BCUT2D eigenvalue weighted by atomic mass is 16.2. The van der Waals surface area contributed by atoms with Crippen LogP contribution >= 0.6 is 0 Å². The van der Waals surface area contributed by atoms with Gasteiger partial charge in [0.05, 0.1) is 6.54 Å². The minimum atomic E-state index is -0.734. The van der Waals surface area contributed by atoms with Crippen molar-refractivity contribution < 1.29 is 9.59 Å². The van der Waals surface area contributed by atoms with Crippen molar-refractivity contribution in [2.45, 2.75) is 50.2 Å². The molecule has 0 saturated carbocycles. The molecular formula is C31H33N3O2. The largest absolute Gasteiger partial charge is 0.328 e. The van der Waals surface area contributed by atoms with Crippen molar-refractivity contribution in [1.82, 2.24) is 14.7 Å². The number of amides is 3. The first-order valence-electron chi connectivity index (χ1n) is 13.2. The number of hydrogen-bond donors (Lipinski definition) is 0. The predicted molar refractivity (Wildman–Crippen MR) is 140 cm³/mol. The molecule has 0 atom stereocenters. The van der Waals surface area contributed by atoms with E-state index in [1.807, 2.05) is 53.4 Å². The number of urea groups is 1. The second-order valence-electron chi connectivity index (χ2n) is 10.4. The number of imide groups is 1. The summed E-state index contributed by atoms with van der Waals surface area (Å²) >= 11 is 0. The molecule has 2 aliphatic heterocycles. The van der Waals surface area contributed by atoms with E-state index in [9.17, 15) is 9.59 Å². The molecule has 3 aromatic rings. The Morgan fingerprint density at radius 2 is 1.28 bits per heavy atom. The van der Waals surface area contributed by atoms with Gasteiger partial charge in [0.25, 0.3) is 5.91 Å². The SMILES string of the molecule is O=C1N(Cc2ccccc2)C(=O)C2(CCN(C3Cc4ccccc4C3)CC2)N1CCc1ccccc1. The van der Waals surface area contributed by atoms with Crippen LogP contribution in [-0.2, 0) is 30.6 Å². The Labute approximate surface area is 213 Å². The molecule has 2 fully saturated rings. The van der Waals surface area contributed by atoms with Gasteiger partial charge < -0.3 is 4.90 Å². The lowest BCUT2D eigenvalue weighted by Gasteiger charge is -2.44. The summed E-state index contributed by atoms with van der Waals surface area (Å²) in [5, 5.41) is 0. The van der Waals surface area contributed by atoms with Crippen molar-refractivity contribution in [3.8, 4) is 0 Å². The van der Waals surface area contributed by atoms with Crippen LogP contribution in [0.25, 0.3) is 0 Å². The minimum Gasteiger partial charge on any atom is -0.309 e. The first kappa shape index (κ1) is 23.0. The molecule has 2 saturated heterocycles. The summed E-state index contributed by atoms with van der Waals surface area (Å²) in [6.07, 6.45) is 4.30. The van der Waals surface area contributed by atoms with Gasteiger partial charge in [-0.2, -0.15) is 0 Å². The summed E-state index contributed by atoms with van der Waals surface area (Å²) in [5.41, 5.74) is 4.35. The number of hydrogen-bond acceptors (Lipinski definition) is 3. The lowest BCUT2D eigenvalue weighted by Crippen LogP contribution is -2.58. The molecule has 3 amide bonds. The minimum absolute atomic E-state index is 0.0150. The van der Waals surface area contributed by atoms with Crippen LogP contribution in [0.3, 0.4) is 0 Å². The molecule has 0 aromatic heterocycles. The Bertz CT molecular complexity index is 1210. The van der Waals surface area contributed by atoms with Crippen molar-refractivity contribution in [1.29, 1.82) is 0 Å². The van der Waals surface area contributed by atoms with Crippen LogP contribution in [0.2, 0.25) is 0 Å². The molecule has 5 nitrogen and oxygen atoms in total. The van der Waals surface area contributed by atoms with E-state index in [1.54, 1.807) is 0 Å². The first-order valence-corrected chi connectivity index (χ1v) is 13.2. The lowest BCUT2D eigenvalue weighted by molar-refractivity contribution is -0.136. The number of carbonyl (C=O) groups excluding carboxylic acids is 2. The number of benzene rings is 3. The maximum absolute atomic E-state index is 14.0. The van der Waals surface area contributed by atoms with Gasteiger partial charge in [0.2, 0.25) is 0 Å². The van der Waals surface area contributed by atoms with E-state index < -0.39 is 5.54 Å². The molecule has 6 rings (SSSR count).